The maximum Gasteiger partial charge on any atom is 0.268 e. The summed E-state index contributed by atoms with van der Waals surface area (Å²) >= 11 is 0. The molecule has 0 aliphatic heterocycles. The van der Waals surface area contributed by atoms with E-state index in [1.54, 1.807) is 7.11 Å². The van der Waals surface area contributed by atoms with Gasteiger partial charge in [-0.3, -0.25) is 9.59 Å². The Hall–Kier alpha value is -2.80. The molecule has 1 heterocycles. The van der Waals surface area contributed by atoms with Crippen molar-refractivity contribution in [3.63, 3.8) is 0 Å². The first-order valence-corrected chi connectivity index (χ1v) is 11.0. The summed E-state index contributed by atoms with van der Waals surface area (Å²) in [5.74, 6) is 1.24. The molecule has 2 aromatic rings. The summed E-state index contributed by atoms with van der Waals surface area (Å²) in [6.45, 7) is 9.89. The van der Waals surface area contributed by atoms with Crippen LogP contribution in [0.4, 0.5) is 0 Å². The molecule has 7 nitrogen and oxygen atoms in total. The number of likely N-dealkylation sites (N-methyl/N-ethyl adjacent to an activating group) is 1. The molecule has 2 N–H and O–H groups in total. The van der Waals surface area contributed by atoms with Crippen LogP contribution in [-0.2, 0) is 13.0 Å². The number of benzene rings is 1. The summed E-state index contributed by atoms with van der Waals surface area (Å²) in [6.07, 6.45) is 2.19. The molecular formula is C24H33N3O4. The number of rotatable bonds is 10. The second-order valence-corrected chi connectivity index (χ2v) is 7.80. The van der Waals surface area contributed by atoms with Gasteiger partial charge in [0.25, 0.3) is 5.91 Å². The third-order valence-corrected chi connectivity index (χ3v) is 5.90. The van der Waals surface area contributed by atoms with Crippen molar-refractivity contribution in [2.24, 2.45) is 0 Å². The van der Waals surface area contributed by atoms with E-state index < -0.39 is 0 Å². The third-order valence-electron chi connectivity index (χ3n) is 5.90. The van der Waals surface area contributed by atoms with Gasteiger partial charge in [0.1, 0.15) is 12.3 Å². The number of carbonyl (C=O) groups is 2. The van der Waals surface area contributed by atoms with Gasteiger partial charge < -0.3 is 24.7 Å². The van der Waals surface area contributed by atoms with Crippen LogP contribution < -0.4 is 14.8 Å². The topological polar surface area (TPSA) is 83.7 Å². The van der Waals surface area contributed by atoms with E-state index in [2.05, 4.69) is 29.0 Å². The Morgan fingerprint density at radius 2 is 1.97 bits per heavy atom. The summed E-state index contributed by atoms with van der Waals surface area (Å²) in [5.41, 5.74) is 3.71. The van der Waals surface area contributed by atoms with Gasteiger partial charge in [-0.25, -0.2) is 0 Å². The fourth-order valence-electron chi connectivity index (χ4n) is 4.04. The molecular weight excluding hydrogens is 394 g/mol. The minimum atomic E-state index is -0.210. The molecule has 0 radical (unpaired) electrons. The van der Waals surface area contributed by atoms with Crippen molar-refractivity contribution in [1.29, 1.82) is 0 Å². The lowest BCUT2D eigenvalue weighted by Crippen LogP contribution is -2.28. The van der Waals surface area contributed by atoms with Crippen LogP contribution in [0.1, 0.15) is 64.4 Å². The summed E-state index contributed by atoms with van der Waals surface area (Å²) in [4.78, 5) is 30.4. The Bertz CT molecular complexity index is 931. The van der Waals surface area contributed by atoms with E-state index in [9.17, 15) is 9.59 Å². The number of carbonyl (C=O) groups excluding carboxylic acids is 2. The van der Waals surface area contributed by atoms with Gasteiger partial charge in [0.05, 0.1) is 7.11 Å². The molecule has 0 saturated heterocycles. The van der Waals surface area contributed by atoms with Crippen molar-refractivity contribution in [1.82, 2.24) is 15.2 Å². The standard InChI is InChI=1S/C24H33N3O4/c1-5-27(6-2)12-13-31-20-11-10-17(14-21(20)30-4)15-25-24(29)23-16(3)22-18(26-23)8-7-9-19(22)28/h10-11,14,26H,5-9,12-13,15H2,1-4H3,(H,25,29). The number of ketones is 1. The molecule has 0 fully saturated rings. The monoisotopic (exact) mass is 427 g/mol. The molecule has 3 rings (SSSR count). The van der Waals surface area contributed by atoms with Crippen LogP contribution in [0, 0.1) is 6.92 Å². The zero-order valence-corrected chi connectivity index (χ0v) is 19.0. The summed E-state index contributed by atoms with van der Waals surface area (Å²) in [6, 6.07) is 5.68. The van der Waals surface area contributed by atoms with Gasteiger partial charge in [-0.05, 0) is 56.1 Å². The van der Waals surface area contributed by atoms with Crippen LogP contribution >= 0.6 is 0 Å². The highest BCUT2D eigenvalue weighted by atomic mass is 16.5. The molecule has 1 amide bonds. The zero-order chi connectivity index (χ0) is 22.4. The summed E-state index contributed by atoms with van der Waals surface area (Å²) in [5, 5.41) is 2.94. The quantitative estimate of drug-likeness (QED) is 0.606. The Labute approximate surface area is 184 Å². The molecule has 1 aliphatic carbocycles. The lowest BCUT2D eigenvalue weighted by molar-refractivity contribution is 0.0944. The average Bonchev–Trinajstić information content (AvgIpc) is 3.13. The highest BCUT2D eigenvalue weighted by Crippen LogP contribution is 2.29. The van der Waals surface area contributed by atoms with E-state index in [1.165, 1.54) is 0 Å². The molecule has 31 heavy (non-hydrogen) atoms. The number of amides is 1. The molecule has 0 bridgehead atoms. The van der Waals surface area contributed by atoms with Gasteiger partial charge in [-0.1, -0.05) is 19.9 Å². The first-order chi connectivity index (χ1) is 15.0. The van der Waals surface area contributed by atoms with Crippen molar-refractivity contribution in [3.05, 3.63) is 46.3 Å². The number of Topliss-reactive ketones (excluding diaryl/α,β-unsaturated/α-hetero) is 1. The minimum Gasteiger partial charge on any atom is -0.493 e. The molecule has 0 unspecified atom stereocenters. The first-order valence-electron chi connectivity index (χ1n) is 11.0. The Kier molecular flexibility index (Phi) is 7.74. The van der Waals surface area contributed by atoms with Crippen molar-refractivity contribution < 1.29 is 19.1 Å². The number of hydrogen-bond donors (Lipinski definition) is 2. The number of aromatic amines is 1. The average molecular weight is 428 g/mol. The highest BCUT2D eigenvalue weighted by molar-refractivity contribution is 6.04. The lowest BCUT2D eigenvalue weighted by atomic mass is 9.94. The van der Waals surface area contributed by atoms with Crippen LogP contribution in [0.3, 0.4) is 0 Å². The van der Waals surface area contributed by atoms with Crippen molar-refractivity contribution in [2.45, 2.75) is 46.6 Å². The van der Waals surface area contributed by atoms with Crippen molar-refractivity contribution >= 4 is 11.7 Å². The van der Waals surface area contributed by atoms with Crippen LogP contribution in [0.2, 0.25) is 0 Å². The van der Waals surface area contributed by atoms with E-state index in [0.29, 0.717) is 42.3 Å². The normalized spacial score (nSPS) is 13.3. The highest BCUT2D eigenvalue weighted by Gasteiger charge is 2.26. The molecule has 1 aliphatic rings. The third kappa shape index (κ3) is 5.28. The number of nitrogens with one attached hydrogen (secondary N) is 2. The smallest absolute Gasteiger partial charge is 0.268 e. The maximum absolute atomic E-state index is 12.7. The summed E-state index contributed by atoms with van der Waals surface area (Å²) in [7, 11) is 1.61. The zero-order valence-electron chi connectivity index (χ0n) is 19.0. The van der Waals surface area contributed by atoms with Crippen LogP contribution in [0.25, 0.3) is 0 Å². The van der Waals surface area contributed by atoms with Crippen LogP contribution in [0.15, 0.2) is 18.2 Å². The molecule has 168 valence electrons. The molecule has 0 atom stereocenters. The predicted molar refractivity (Wildman–Crippen MR) is 120 cm³/mol. The van der Waals surface area contributed by atoms with E-state index in [1.807, 2.05) is 25.1 Å². The Morgan fingerprint density at radius 3 is 2.65 bits per heavy atom. The maximum atomic E-state index is 12.7. The fourth-order valence-corrected chi connectivity index (χ4v) is 4.04. The number of aromatic nitrogens is 1. The summed E-state index contributed by atoms with van der Waals surface area (Å²) < 4.78 is 11.4. The number of nitrogens with zero attached hydrogens (tertiary/aromatic N) is 1. The fraction of sp³-hybridized carbons (Fsp3) is 0.500. The van der Waals surface area contributed by atoms with Gasteiger partial charge in [0.2, 0.25) is 0 Å². The van der Waals surface area contributed by atoms with Gasteiger partial charge in [0, 0.05) is 30.8 Å². The molecule has 1 aromatic carbocycles. The largest absolute Gasteiger partial charge is 0.493 e. The van der Waals surface area contributed by atoms with E-state index in [0.717, 1.165) is 49.3 Å². The SMILES string of the molecule is CCN(CC)CCOc1ccc(CNC(=O)c2[nH]c3c(c2C)C(=O)CCC3)cc1OC. The number of fused-ring (bicyclic) bond motifs is 1. The van der Waals surface area contributed by atoms with Crippen molar-refractivity contribution in [3.8, 4) is 11.5 Å². The number of methoxy groups -OCH3 is 1. The first kappa shape index (κ1) is 22.9. The van der Waals surface area contributed by atoms with E-state index in [4.69, 9.17) is 9.47 Å². The van der Waals surface area contributed by atoms with Gasteiger partial charge in [-0.2, -0.15) is 0 Å². The number of aryl methyl sites for hydroxylation is 1. The van der Waals surface area contributed by atoms with Crippen LogP contribution in [0.5, 0.6) is 11.5 Å². The number of ether oxygens (including phenoxy) is 2. The Morgan fingerprint density at radius 1 is 1.19 bits per heavy atom. The second kappa shape index (κ2) is 10.5. The molecule has 0 spiro atoms. The minimum absolute atomic E-state index is 0.121. The predicted octanol–water partition coefficient (Wildman–Crippen LogP) is 3.50. The van der Waals surface area contributed by atoms with Crippen LogP contribution in [-0.4, -0.2) is 54.9 Å². The second-order valence-electron chi connectivity index (χ2n) is 7.80. The lowest BCUT2D eigenvalue weighted by Gasteiger charge is -2.19. The van der Waals surface area contributed by atoms with Gasteiger partial charge in [0.15, 0.2) is 17.3 Å². The number of H-pyrrole nitrogens is 1. The van der Waals surface area contributed by atoms with Crippen molar-refractivity contribution in [2.75, 3.05) is 33.4 Å². The molecule has 1 aromatic heterocycles. The van der Waals surface area contributed by atoms with Gasteiger partial charge >= 0.3 is 0 Å². The Balaban J connectivity index is 1.62. The molecule has 7 heteroatoms. The molecule has 0 saturated carbocycles. The van der Waals surface area contributed by atoms with E-state index >= 15 is 0 Å². The number of hydrogen-bond acceptors (Lipinski definition) is 5. The van der Waals surface area contributed by atoms with Gasteiger partial charge in [-0.15, -0.1) is 0 Å². The van der Waals surface area contributed by atoms with E-state index in [-0.39, 0.29) is 11.7 Å².